The van der Waals surface area contributed by atoms with Crippen molar-refractivity contribution in [1.29, 1.82) is 0 Å². The maximum absolute atomic E-state index is 14.4. The van der Waals surface area contributed by atoms with E-state index in [4.69, 9.17) is 4.74 Å². The molecule has 2 heterocycles. The molecule has 2 fully saturated rings. The van der Waals surface area contributed by atoms with E-state index in [1.54, 1.807) is 63.2 Å². The van der Waals surface area contributed by atoms with Crippen molar-refractivity contribution in [2.45, 2.75) is 91.0 Å². The second kappa shape index (κ2) is 12.4. The zero-order valence-corrected chi connectivity index (χ0v) is 26.9. The average molecular weight is 605 g/mol. The Morgan fingerprint density at radius 3 is 2.07 bits per heavy atom. The summed E-state index contributed by atoms with van der Waals surface area (Å²) in [7, 11) is 0. The summed E-state index contributed by atoms with van der Waals surface area (Å²) in [5.74, 6) is -1.79. The molecule has 10 heteroatoms. The Balaban J connectivity index is 1.66. The van der Waals surface area contributed by atoms with Gasteiger partial charge in [0.25, 0.3) is 17.7 Å². The van der Waals surface area contributed by atoms with E-state index >= 15 is 0 Å². The quantitative estimate of drug-likeness (QED) is 0.516. The van der Waals surface area contributed by atoms with Crippen molar-refractivity contribution in [3.8, 4) is 0 Å². The van der Waals surface area contributed by atoms with Crippen LogP contribution in [0.5, 0.6) is 0 Å². The number of carbonyl (C=O) groups excluding carboxylic acids is 5. The van der Waals surface area contributed by atoms with E-state index in [9.17, 15) is 24.0 Å². The summed E-state index contributed by atoms with van der Waals surface area (Å²) >= 11 is 0. The fourth-order valence-electron chi connectivity index (χ4n) is 5.59. The molecule has 0 aromatic heterocycles. The number of carbonyl (C=O) groups is 5. The number of Topliss-reactive ketones (excluding diaryl/α,β-unsaturated/α-hetero) is 1. The minimum atomic E-state index is -1.10. The van der Waals surface area contributed by atoms with E-state index in [-0.39, 0.29) is 42.5 Å². The van der Waals surface area contributed by atoms with Gasteiger partial charge in [-0.1, -0.05) is 65.0 Å². The summed E-state index contributed by atoms with van der Waals surface area (Å²) in [5, 5.41) is 5.10. The van der Waals surface area contributed by atoms with Gasteiger partial charge in [0.2, 0.25) is 0 Å². The number of fused-ring (bicyclic) bond motifs is 1. The van der Waals surface area contributed by atoms with E-state index in [2.05, 4.69) is 26.1 Å². The second-order valence-corrected chi connectivity index (χ2v) is 14.0. The van der Waals surface area contributed by atoms with E-state index in [0.717, 1.165) is 15.6 Å². The molecule has 2 aromatic rings. The highest BCUT2D eigenvalue weighted by atomic mass is 16.6. The van der Waals surface area contributed by atoms with E-state index in [1.807, 2.05) is 26.0 Å². The molecule has 4 rings (SSSR count). The molecular formula is C34H44N4O6. The molecule has 236 valence electrons. The molecule has 2 saturated heterocycles. The normalized spacial score (nSPS) is 19.2. The number of rotatable bonds is 6. The number of amides is 4. The van der Waals surface area contributed by atoms with Crippen LogP contribution in [0.15, 0.2) is 54.6 Å². The Bertz CT molecular complexity index is 1410. The van der Waals surface area contributed by atoms with Crippen LogP contribution in [0, 0.1) is 5.92 Å². The molecule has 0 radical (unpaired) electrons. The van der Waals surface area contributed by atoms with Crippen molar-refractivity contribution in [2.24, 2.45) is 5.92 Å². The third kappa shape index (κ3) is 7.11. The Labute approximate surface area is 259 Å². The lowest BCUT2D eigenvalue weighted by Gasteiger charge is -2.35. The van der Waals surface area contributed by atoms with E-state index in [1.165, 1.54) is 4.90 Å². The Morgan fingerprint density at radius 1 is 0.909 bits per heavy atom. The van der Waals surface area contributed by atoms with E-state index in [0.29, 0.717) is 11.1 Å². The summed E-state index contributed by atoms with van der Waals surface area (Å²) in [6.07, 6.45) is -0.547. The van der Waals surface area contributed by atoms with Crippen molar-refractivity contribution in [3.05, 3.63) is 71.3 Å². The Morgan fingerprint density at radius 2 is 1.52 bits per heavy atom. The number of hydrogen-bond acceptors (Lipinski definition) is 6. The molecule has 0 aliphatic carbocycles. The zero-order valence-electron chi connectivity index (χ0n) is 26.9. The SMILES string of the molecule is CC(C)C[C@H](NC(=O)c1ccc(C(C)(C)C)cc1)C(=O)N1[C@@H]2C(=O)CN(C(=O)c3ccccc3)[C@@H]2CN1C(=O)OC(C)(C)C. The van der Waals surface area contributed by atoms with Crippen LogP contribution in [-0.2, 0) is 19.7 Å². The van der Waals surface area contributed by atoms with Crippen LogP contribution in [0.1, 0.15) is 88.1 Å². The predicted octanol–water partition coefficient (Wildman–Crippen LogP) is 4.59. The van der Waals surface area contributed by atoms with Crippen LogP contribution in [0.25, 0.3) is 0 Å². The highest BCUT2D eigenvalue weighted by Gasteiger charge is 2.58. The molecule has 44 heavy (non-hydrogen) atoms. The summed E-state index contributed by atoms with van der Waals surface area (Å²) in [5.41, 5.74) is 0.884. The van der Waals surface area contributed by atoms with Crippen molar-refractivity contribution >= 4 is 29.6 Å². The number of nitrogens with zero attached hydrogens (tertiary/aromatic N) is 3. The molecular weight excluding hydrogens is 560 g/mol. The van der Waals surface area contributed by atoms with Gasteiger partial charge in [0.15, 0.2) is 5.78 Å². The number of hydrazine groups is 1. The molecule has 2 aliphatic heterocycles. The summed E-state index contributed by atoms with van der Waals surface area (Å²) < 4.78 is 5.62. The summed E-state index contributed by atoms with van der Waals surface area (Å²) in [4.78, 5) is 69.6. The standard InChI is InChI=1S/C34H44N4O6/c1-21(2)18-25(35-29(40)22-14-16-24(17-15-22)33(3,4)5)31(42)38-28-26(19-37(38)32(43)44-34(6,7)8)36(20-27(28)39)30(41)23-12-10-9-11-13-23/h9-17,21,25-26,28H,18-20H2,1-8H3,(H,35,40)/t25-,26+,28-/m0/s1. The zero-order chi connectivity index (χ0) is 32.6. The molecule has 0 spiro atoms. The van der Waals surface area contributed by atoms with Gasteiger partial charge in [0.05, 0.1) is 19.1 Å². The third-order valence-electron chi connectivity index (χ3n) is 7.74. The van der Waals surface area contributed by atoms with Gasteiger partial charge in [-0.25, -0.2) is 14.8 Å². The fourth-order valence-corrected chi connectivity index (χ4v) is 5.59. The Kier molecular flexibility index (Phi) is 9.23. The molecule has 2 aromatic carbocycles. The number of benzene rings is 2. The van der Waals surface area contributed by atoms with Gasteiger partial charge in [0.1, 0.15) is 17.7 Å². The van der Waals surface area contributed by atoms with Crippen molar-refractivity contribution in [1.82, 2.24) is 20.2 Å². The molecule has 10 nitrogen and oxygen atoms in total. The average Bonchev–Trinajstić information content (AvgIpc) is 3.48. The van der Waals surface area contributed by atoms with Gasteiger partial charge in [-0.2, -0.15) is 0 Å². The van der Waals surface area contributed by atoms with Gasteiger partial charge in [-0.3, -0.25) is 19.2 Å². The van der Waals surface area contributed by atoms with Crippen LogP contribution in [0.2, 0.25) is 0 Å². The summed E-state index contributed by atoms with van der Waals surface area (Å²) in [6.45, 7) is 14.9. The van der Waals surface area contributed by atoms with E-state index < -0.39 is 41.6 Å². The van der Waals surface area contributed by atoms with Gasteiger partial charge < -0.3 is 15.0 Å². The molecule has 2 aliphatic rings. The molecule has 0 saturated carbocycles. The van der Waals surface area contributed by atoms with Crippen molar-refractivity contribution < 1.29 is 28.7 Å². The van der Waals surface area contributed by atoms with Crippen molar-refractivity contribution in [3.63, 3.8) is 0 Å². The first-order chi connectivity index (χ1) is 20.5. The van der Waals surface area contributed by atoms with Gasteiger partial charge in [0, 0.05) is 11.1 Å². The van der Waals surface area contributed by atoms with Gasteiger partial charge >= 0.3 is 6.09 Å². The fraction of sp³-hybridized carbons (Fsp3) is 0.500. The first kappa shape index (κ1) is 32.7. The van der Waals surface area contributed by atoms with Crippen molar-refractivity contribution in [2.75, 3.05) is 13.1 Å². The minimum Gasteiger partial charge on any atom is -0.442 e. The molecule has 4 amide bonds. The lowest BCUT2D eigenvalue weighted by atomic mass is 9.86. The van der Waals surface area contributed by atoms with Crippen LogP contribution in [0.4, 0.5) is 4.79 Å². The number of hydrogen-bond donors (Lipinski definition) is 1. The van der Waals surface area contributed by atoms with Crippen LogP contribution >= 0.6 is 0 Å². The Hall–Kier alpha value is -4.21. The number of nitrogens with one attached hydrogen (secondary N) is 1. The summed E-state index contributed by atoms with van der Waals surface area (Å²) in [6, 6.07) is 12.9. The smallest absolute Gasteiger partial charge is 0.429 e. The van der Waals surface area contributed by atoms with Crippen LogP contribution in [-0.4, -0.2) is 81.3 Å². The third-order valence-corrected chi connectivity index (χ3v) is 7.74. The lowest BCUT2D eigenvalue weighted by Crippen LogP contribution is -2.58. The monoisotopic (exact) mass is 604 g/mol. The largest absolute Gasteiger partial charge is 0.442 e. The first-order valence-electron chi connectivity index (χ1n) is 15.1. The highest BCUT2D eigenvalue weighted by molar-refractivity contribution is 6.04. The topological polar surface area (TPSA) is 116 Å². The van der Waals surface area contributed by atoms with Gasteiger partial charge in [-0.05, 0) is 68.4 Å². The lowest BCUT2D eigenvalue weighted by molar-refractivity contribution is -0.152. The molecule has 1 N–H and O–H groups in total. The van der Waals surface area contributed by atoms with Gasteiger partial charge in [-0.15, -0.1) is 0 Å². The number of ketones is 1. The number of ether oxygens (including phenoxy) is 1. The van der Waals surface area contributed by atoms with Crippen LogP contribution < -0.4 is 5.32 Å². The maximum Gasteiger partial charge on any atom is 0.429 e. The second-order valence-electron chi connectivity index (χ2n) is 14.0. The number of likely N-dealkylation sites (tertiary alicyclic amines) is 1. The first-order valence-corrected chi connectivity index (χ1v) is 15.1. The molecule has 3 atom stereocenters. The molecule has 0 unspecified atom stereocenters. The highest BCUT2D eigenvalue weighted by Crippen LogP contribution is 2.33. The predicted molar refractivity (Wildman–Crippen MR) is 166 cm³/mol. The maximum atomic E-state index is 14.4. The molecule has 0 bridgehead atoms. The minimum absolute atomic E-state index is 0.00340. The van der Waals surface area contributed by atoms with Crippen LogP contribution in [0.3, 0.4) is 0 Å².